The van der Waals surface area contributed by atoms with Gasteiger partial charge in [-0.1, -0.05) is 6.07 Å². The highest BCUT2D eigenvalue weighted by Crippen LogP contribution is 2.32. The largest absolute Gasteiger partial charge is 0.494 e. The van der Waals surface area contributed by atoms with Crippen LogP contribution < -0.4 is 10.5 Å². The van der Waals surface area contributed by atoms with Gasteiger partial charge in [0.1, 0.15) is 11.9 Å². The summed E-state index contributed by atoms with van der Waals surface area (Å²) in [6, 6.07) is 5.40. The number of nitrogens with two attached hydrogens (primary N) is 1. The summed E-state index contributed by atoms with van der Waals surface area (Å²) in [5.74, 6) is 0.770. The zero-order valence-electron chi connectivity index (χ0n) is 13.9. The summed E-state index contributed by atoms with van der Waals surface area (Å²) in [4.78, 5) is 16.0. The van der Waals surface area contributed by atoms with E-state index in [-0.39, 0.29) is 12.4 Å². The van der Waals surface area contributed by atoms with Crippen molar-refractivity contribution in [2.45, 2.75) is 39.3 Å². The molecule has 0 radical (unpaired) electrons. The summed E-state index contributed by atoms with van der Waals surface area (Å²) >= 11 is 0. The number of anilines is 1. The van der Waals surface area contributed by atoms with Gasteiger partial charge in [0, 0.05) is 0 Å². The first-order valence-corrected chi connectivity index (χ1v) is 7.34. The maximum absolute atomic E-state index is 11.7. The fourth-order valence-corrected chi connectivity index (χ4v) is 2.08. The summed E-state index contributed by atoms with van der Waals surface area (Å²) in [6.07, 6.45) is 1.80. The molecule has 7 nitrogen and oxygen atoms in total. The van der Waals surface area contributed by atoms with Crippen LogP contribution in [0.2, 0.25) is 0 Å². The van der Waals surface area contributed by atoms with Gasteiger partial charge in [0.15, 0.2) is 11.6 Å². The number of nitrogen functional groups attached to an aromatic ring is 1. The molecule has 1 aromatic carbocycles. The van der Waals surface area contributed by atoms with Crippen molar-refractivity contribution in [3.63, 3.8) is 0 Å². The van der Waals surface area contributed by atoms with Gasteiger partial charge in [-0.05, 0) is 32.9 Å². The second-order valence-corrected chi connectivity index (χ2v) is 6.10. The van der Waals surface area contributed by atoms with Crippen molar-refractivity contribution in [3.05, 3.63) is 24.5 Å². The zero-order chi connectivity index (χ0) is 17.0. The van der Waals surface area contributed by atoms with Gasteiger partial charge < -0.3 is 15.2 Å². The molecule has 0 saturated heterocycles. The van der Waals surface area contributed by atoms with Crippen LogP contribution in [0.15, 0.2) is 24.5 Å². The molecule has 0 bridgehead atoms. The van der Waals surface area contributed by atoms with Gasteiger partial charge in [0.2, 0.25) is 0 Å². The number of nitrogens with zero attached hydrogens (tertiary/aromatic N) is 3. The van der Waals surface area contributed by atoms with Gasteiger partial charge >= 0.3 is 5.97 Å². The summed E-state index contributed by atoms with van der Waals surface area (Å²) in [5, 5.41) is 4.36. The number of carbonyl (C=O) groups is 1. The van der Waals surface area contributed by atoms with E-state index in [1.54, 1.807) is 24.2 Å². The fourth-order valence-electron chi connectivity index (χ4n) is 2.08. The number of aryl methyl sites for hydroxylation is 1. The maximum atomic E-state index is 11.7. The van der Waals surface area contributed by atoms with Crippen LogP contribution in [0, 0.1) is 0 Å². The lowest BCUT2D eigenvalue weighted by molar-refractivity contribution is -0.155. The first-order valence-electron chi connectivity index (χ1n) is 7.34. The van der Waals surface area contributed by atoms with E-state index in [2.05, 4.69) is 10.1 Å². The van der Waals surface area contributed by atoms with E-state index >= 15 is 0 Å². The van der Waals surface area contributed by atoms with E-state index in [0.29, 0.717) is 29.4 Å². The number of benzene rings is 1. The molecule has 0 aliphatic carbocycles. The topological polar surface area (TPSA) is 92.3 Å². The molecule has 7 heteroatoms. The molecule has 1 aromatic heterocycles. The Bertz CT molecular complexity index is 689. The molecular weight excluding hydrogens is 296 g/mol. The number of hydrogen-bond donors (Lipinski definition) is 1. The van der Waals surface area contributed by atoms with Crippen molar-refractivity contribution in [2.75, 3.05) is 12.8 Å². The van der Waals surface area contributed by atoms with E-state index in [1.165, 1.54) is 0 Å². The Kier molecular flexibility index (Phi) is 4.88. The molecule has 0 aliphatic rings. The van der Waals surface area contributed by atoms with Crippen LogP contribution in [0.4, 0.5) is 5.69 Å². The number of hydrogen-bond acceptors (Lipinski definition) is 6. The molecule has 124 valence electrons. The molecule has 0 unspecified atom stereocenters. The summed E-state index contributed by atoms with van der Waals surface area (Å²) in [5.41, 5.74) is 6.63. The van der Waals surface area contributed by atoms with E-state index < -0.39 is 5.60 Å². The second kappa shape index (κ2) is 6.68. The Morgan fingerprint density at radius 3 is 2.74 bits per heavy atom. The monoisotopic (exact) mass is 318 g/mol. The lowest BCUT2D eigenvalue weighted by Crippen LogP contribution is -2.24. The molecule has 0 atom stereocenters. The SMILES string of the molecule is COc1c(N)cccc1-c1ncn(CCC(=O)OC(C)(C)C)n1. The highest BCUT2D eigenvalue weighted by Gasteiger charge is 2.17. The van der Waals surface area contributed by atoms with Crippen molar-refractivity contribution in [1.29, 1.82) is 0 Å². The van der Waals surface area contributed by atoms with Crippen LogP contribution in [0.3, 0.4) is 0 Å². The smallest absolute Gasteiger partial charge is 0.308 e. The Balaban J connectivity index is 2.07. The van der Waals surface area contributed by atoms with Gasteiger partial charge in [0.05, 0.1) is 31.3 Å². The maximum Gasteiger partial charge on any atom is 0.308 e. The second-order valence-electron chi connectivity index (χ2n) is 6.10. The van der Waals surface area contributed by atoms with Crippen molar-refractivity contribution < 1.29 is 14.3 Å². The predicted molar refractivity (Wildman–Crippen MR) is 86.9 cm³/mol. The number of carbonyl (C=O) groups excluding carboxylic acids is 1. The summed E-state index contributed by atoms with van der Waals surface area (Å²) in [6.45, 7) is 5.91. The van der Waals surface area contributed by atoms with E-state index in [4.69, 9.17) is 15.2 Å². The van der Waals surface area contributed by atoms with E-state index in [0.717, 1.165) is 0 Å². The van der Waals surface area contributed by atoms with E-state index in [1.807, 2.05) is 32.9 Å². The number of esters is 1. The van der Waals surface area contributed by atoms with Crippen LogP contribution in [0.5, 0.6) is 5.75 Å². The Labute approximate surface area is 135 Å². The van der Waals surface area contributed by atoms with Crippen molar-refractivity contribution in [1.82, 2.24) is 14.8 Å². The van der Waals surface area contributed by atoms with Crippen LogP contribution in [0.1, 0.15) is 27.2 Å². The zero-order valence-corrected chi connectivity index (χ0v) is 13.9. The highest BCUT2D eigenvalue weighted by atomic mass is 16.6. The molecule has 0 aliphatic heterocycles. The first-order chi connectivity index (χ1) is 10.8. The van der Waals surface area contributed by atoms with Gasteiger partial charge in [-0.15, -0.1) is 0 Å². The number of methoxy groups -OCH3 is 1. The first kappa shape index (κ1) is 16.8. The Morgan fingerprint density at radius 2 is 2.09 bits per heavy atom. The van der Waals surface area contributed by atoms with Gasteiger partial charge in [-0.2, -0.15) is 5.10 Å². The number of ether oxygens (including phenoxy) is 2. The molecule has 2 N–H and O–H groups in total. The Hall–Kier alpha value is -2.57. The molecule has 0 saturated carbocycles. The summed E-state index contributed by atoms with van der Waals surface area (Å²) in [7, 11) is 1.55. The van der Waals surface area contributed by atoms with Crippen LogP contribution >= 0.6 is 0 Å². The molecule has 0 amide bonds. The molecule has 0 spiro atoms. The quantitative estimate of drug-likeness (QED) is 0.671. The molecule has 2 aromatic rings. The average Bonchev–Trinajstić information content (AvgIpc) is 2.91. The highest BCUT2D eigenvalue weighted by molar-refractivity contribution is 5.73. The minimum Gasteiger partial charge on any atom is -0.494 e. The van der Waals surface area contributed by atoms with Crippen molar-refractivity contribution in [3.8, 4) is 17.1 Å². The van der Waals surface area contributed by atoms with Crippen LogP contribution in [-0.2, 0) is 16.1 Å². The molecule has 1 heterocycles. The minimum absolute atomic E-state index is 0.230. The third kappa shape index (κ3) is 4.45. The number of aromatic nitrogens is 3. The third-order valence-corrected chi connectivity index (χ3v) is 2.99. The third-order valence-electron chi connectivity index (χ3n) is 2.99. The number of para-hydroxylation sites is 1. The summed E-state index contributed by atoms with van der Waals surface area (Å²) < 4.78 is 12.2. The normalized spacial score (nSPS) is 11.3. The molecule has 0 fully saturated rings. The molecular formula is C16H22N4O3. The van der Waals surface area contributed by atoms with Gasteiger partial charge in [-0.25, -0.2) is 4.98 Å². The van der Waals surface area contributed by atoms with Crippen LogP contribution in [0.25, 0.3) is 11.4 Å². The predicted octanol–water partition coefficient (Wildman–Crippen LogP) is 2.27. The van der Waals surface area contributed by atoms with Crippen LogP contribution in [-0.4, -0.2) is 33.4 Å². The average molecular weight is 318 g/mol. The number of rotatable bonds is 5. The molecule has 2 rings (SSSR count). The fraction of sp³-hybridized carbons (Fsp3) is 0.438. The Morgan fingerprint density at radius 1 is 1.35 bits per heavy atom. The van der Waals surface area contributed by atoms with E-state index in [9.17, 15) is 4.79 Å². The van der Waals surface area contributed by atoms with Gasteiger partial charge in [-0.3, -0.25) is 9.48 Å². The van der Waals surface area contributed by atoms with Gasteiger partial charge in [0.25, 0.3) is 0 Å². The van der Waals surface area contributed by atoms with Crippen molar-refractivity contribution >= 4 is 11.7 Å². The lowest BCUT2D eigenvalue weighted by atomic mass is 10.1. The molecule has 23 heavy (non-hydrogen) atoms. The lowest BCUT2D eigenvalue weighted by Gasteiger charge is -2.19. The standard InChI is InChI=1S/C16H22N4O3/c1-16(2,3)23-13(21)8-9-20-10-18-15(19-20)11-6-5-7-12(17)14(11)22-4/h5-7,10H,8-9,17H2,1-4H3. The van der Waals surface area contributed by atoms with Crippen molar-refractivity contribution in [2.24, 2.45) is 0 Å². The minimum atomic E-state index is -0.487.